The Balaban J connectivity index is 2.34. The van der Waals surface area contributed by atoms with Gasteiger partial charge in [-0.1, -0.05) is 0 Å². The van der Waals surface area contributed by atoms with Gasteiger partial charge in [-0.3, -0.25) is 9.36 Å². The number of hydrogen-bond acceptors (Lipinski definition) is 4. The minimum Gasteiger partial charge on any atom is -0.486 e. The van der Waals surface area contributed by atoms with E-state index in [1.54, 1.807) is 12.1 Å². The van der Waals surface area contributed by atoms with Crippen molar-refractivity contribution in [3.05, 3.63) is 27.8 Å². The molecule has 5 nitrogen and oxygen atoms in total. The molecule has 0 saturated heterocycles. The highest BCUT2D eigenvalue weighted by Gasteiger charge is 2.16. The van der Waals surface area contributed by atoms with E-state index in [0.29, 0.717) is 42.2 Å². The van der Waals surface area contributed by atoms with Crippen LogP contribution in [0.15, 0.2) is 16.9 Å². The lowest BCUT2D eigenvalue weighted by atomic mass is 10.2. The maximum atomic E-state index is 12.2. The van der Waals surface area contributed by atoms with Gasteiger partial charge in [-0.05, 0) is 24.6 Å². The smallest absolute Gasteiger partial charge is 0.262 e. The molecule has 2 aromatic rings. The lowest BCUT2D eigenvalue weighted by Crippen LogP contribution is -2.22. The van der Waals surface area contributed by atoms with Crippen LogP contribution in [0.2, 0.25) is 5.28 Å². The molecule has 0 N–H and O–H groups in total. The van der Waals surface area contributed by atoms with Crippen LogP contribution in [-0.2, 0) is 6.54 Å². The zero-order valence-electron chi connectivity index (χ0n) is 9.77. The number of halogens is 1. The van der Waals surface area contributed by atoms with E-state index in [2.05, 4.69) is 4.98 Å². The van der Waals surface area contributed by atoms with Crippen LogP contribution in [0.1, 0.15) is 6.92 Å². The van der Waals surface area contributed by atoms with E-state index in [0.717, 1.165) is 0 Å². The fraction of sp³-hybridized carbons (Fsp3) is 0.333. The van der Waals surface area contributed by atoms with Crippen molar-refractivity contribution in [3.8, 4) is 11.5 Å². The van der Waals surface area contributed by atoms with Crippen LogP contribution in [0.4, 0.5) is 0 Å². The number of benzene rings is 1. The molecule has 18 heavy (non-hydrogen) atoms. The molecule has 3 rings (SSSR count). The average molecular weight is 267 g/mol. The molecule has 1 aliphatic rings. The summed E-state index contributed by atoms with van der Waals surface area (Å²) in [6, 6.07) is 3.36. The van der Waals surface area contributed by atoms with Crippen LogP contribution in [0.25, 0.3) is 10.9 Å². The quantitative estimate of drug-likeness (QED) is 0.739. The molecule has 94 valence electrons. The van der Waals surface area contributed by atoms with Crippen molar-refractivity contribution in [2.24, 2.45) is 0 Å². The number of nitrogens with zero attached hydrogens (tertiary/aromatic N) is 2. The van der Waals surface area contributed by atoms with Crippen LogP contribution in [-0.4, -0.2) is 22.8 Å². The summed E-state index contributed by atoms with van der Waals surface area (Å²) in [7, 11) is 0. The Morgan fingerprint density at radius 3 is 2.67 bits per heavy atom. The predicted molar refractivity (Wildman–Crippen MR) is 67.7 cm³/mol. The predicted octanol–water partition coefficient (Wildman–Crippen LogP) is 1.84. The Hall–Kier alpha value is -1.75. The minimum absolute atomic E-state index is 0.163. The van der Waals surface area contributed by atoms with E-state index >= 15 is 0 Å². The standard InChI is InChI=1S/C12H11ClN2O3/c1-2-15-11(16)7-5-9-10(18-4-3-17-9)6-8(7)14-12(15)13/h5-6H,2-4H2,1H3. The van der Waals surface area contributed by atoms with E-state index in [1.807, 2.05) is 6.92 Å². The van der Waals surface area contributed by atoms with Crippen LogP contribution in [0.3, 0.4) is 0 Å². The van der Waals surface area contributed by atoms with E-state index in [4.69, 9.17) is 21.1 Å². The highest BCUT2D eigenvalue weighted by Crippen LogP contribution is 2.33. The van der Waals surface area contributed by atoms with Crippen molar-refractivity contribution >= 4 is 22.5 Å². The summed E-state index contributed by atoms with van der Waals surface area (Å²) in [5.74, 6) is 1.18. The molecule has 0 aliphatic carbocycles. The van der Waals surface area contributed by atoms with Gasteiger partial charge in [-0.25, -0.2) is 4.98 Å². The number of rotatable bonds is 1. The summed E-state index contributed by atoms with van der Waals surface area (Å²) in [6.07, 6.45) is 0. The van der Waals surface area contributed by atoms with E-state index in [9.17, 15) is 4.79 Å². The topological polar surface area (TPSA) is 53.4 Å². The SMILES string of the molecule is CCn1c(Cl)nc2cc3c(cc2c1=O)OCCO3. The Morgan fingerprint density at radius 1 is 1.33 bits per heavy atom. The lowest BCUT2D eigenvalue weighted by Gasteiger charge is -2.18. The summed E-state index contributed by atoms with van der Waals surface area (Å²) in [5, 5.41) is 0.678. The summed E-state index contributed by atoms with van der Waals surface area (Å²) in [6.45, 7) is 3.31. The highest BCUT2D eigenvalue weighted by molar-refractivity contribution is 6.28. The molecule has 2 heterocycles. The van der Waals surface area contributed by atoms with Gasteiger partial charge in [0.15, 0.2) is 11.5 Å². The molecule has 0 radical (unpaired) electrons. The molecule has 0 amide bonds. The Kier molecular flexibility index (Phi) is 2.63. The van der Waals surface area contributed by atoms with E-state index < -0.39 is 0 Å². The molecule has 6 heteroatoms. The first-order valence-electron chi connectivity index (χ1n) is 5.70. The molecule has 1 aromatic heterocycles. The molecule has 1 aliphatic heterocycles. The second kappa shape index (κ2) is 4.17. The average Bonchev–Trinajstić information content (AvgIpc) is 2.37. The molecule has 0 unspecified atom stereocenters. The van der Waals surface area contributed by atoms with Gasteiger partial charge < -0.3 is 9.47 Å². The van der Waals surface area contributed by atoms with Gasteiger partial charge in [-0.2, -0.15) is 0 Å². The fourth-order valence-electron chi connectivity index (χ4n) is 2.00. The third-order valence-electron chi connectivity index (χ3n) is 2.89. The van der Waals surface area contributed by atoms with Crippen molar-refractivity contribution < 1.29 is 9.47 Å². The summed E-state index contributed by atoms with van der Waals surface area (Å²) < 4.78 is 12.3. The zero-order valence-corrected chi connectivity index (χ0v) is 10.5. The molecule has 0 fully saturated rings. The van der Waals surface area contributed by atoms with Crippen molar-refractivity contribution in [1.29, 1.82) is 0 Å². The maximum Gasteiger partial charge on any atom is 0.262 e. The van der Waals surface area contributed by atoms with Crippen molar-refractivity contribution in [2.75, 3.05) is 13.2 Å². The largest absolute Gasteiger partial charge is 0.486 e. The second-order valence-electron chi connectivity index (χ2n) is 3.94. The van der Waals surface area contributed by atoms with Crippen LogP contribution in [0, 0.1) is 0 Å². The maximum absolute atomic E-state index is 12.2. The zero-order chi connectivity index (χ0) is 12.7. The molecule has 0 atom stereocenters. The summed E-state index contributed by atoms with van der Waals surface area (Å²) >= 11 is 5.97. The van der Waals surface area contributed by atoms with E-state index in [1.165, 1.54) is 4.57 Å². The van der Waals surface area contributed by atoms with Crippen LogP contribution >= 0.6 is 11.6 Å². The van der Waals surface area contributed by atoms with Gasteiger partial charge in [0.25, 0.3) is 5.56 Å². The normalized spacial score (nSPS) is 13.9. The third kappa shape index (κ3) is 1.62. The second-order valence-corrected chi connectivity index (χ2v) is 4.28. The minimum atomic E-state index is -0.163. The van der Waals surface area contributed by atoms with E-state index in [-0.39, 0.29) is 10.8 Å². The number of fused-ring (bicyclic) bond motifs is 2. The molecule has 0 saturated carbocycles. The van der Waals surface area contributed by atoms with Gasteiger partial charge in [-0.15, -0.1) is 0 Å². The fourth-order valence-corrected chi connectivity index (χ4v) is 2.29. The van der Waals surface area contributed by atoms with Gasteiger partial charge >= 0.3 is 0 Å². The first-order valence-corrected chi connectivity index (χ1v) is 6.08. The molecule has 0 bridgehead atoms. The first-order chi connectivity index (χ1) is 8.70. The number of ether oxygens (including phenoxy) is 2. The van der Waals surface area contributed by atoms with Gasteiger partial charge in [0, 0.05) is 12.6 Å². The molecular formula is C12H11ClN2O3. The number of aromatic nitrogens is 2. The van der Waals surface area contributed by atoms with Crippen molar-refractivity contribution in [1.82, 2.24) is 9.55 Å². The first kappa shape index (κ1) is 11.3. The van der Waals surface area contributed by atoms with Gasteiger partial charge in [0.2, 0.25) is 5.28 Å². The third-order valence-corrected chi connectivity index (χ3v) is 3.18. The van der Waals surface area contributed by atoms with Gasteiger partial charge in [0.1, 0.15) is 13.2 Å². The molecule has 1 aromatic carbocycles. The highest BCUT2D eigenvalue weighted by atomic mass is 35.5. The van der Waals surface area contributed by atoms with Gasteiger partial charge in [0.05, 0.1) is 10.9 Å². The monoisotopic (exact) mass is 266 g/mol. The van der Waals surface area contributed by atoms with Crippen LogP contribution < -0.4 is 15.0 Å². The Bertz CT molecular complexity index is 681. The van der Waals surface area contributed by atoms with Crippen molar-refractivity contribution in [2.45, 2.75) is 13.5 Å². The van der Waals surface area contributed by atoms with Crippen molar-refractivity contribution in [3.63, 3.8) is 0 Å². The van der Waals surface area contributed by atoms with Crippen LogP contribution in [0.5, 0.6) is 11.5 Å². The lowest BCUT2D eigenvalue weighted by molar-refractivity contribution is 0.172. The Morgan fingerprint density at radius 2 is 2.00 bits per heavy atom. The molecule has 0 spiro atoms. The summed E-state index contributed by atoms with van der Waals surface area (Å²) in [4.78, 5) is 16.4. The summed E-state index contributed by atoms with van der Waals surface area (Å²) in [5.41, 5.74) is 0.364. The Labute approximate surface area is 108 Å². The molecular weight excluding hydrogens is 256 g/mol. The number of hydrogen-bond donors (Lipinski definition) is 0.